The molecule has 0 bridgehead atoms. The number of rotatable bonds is 4. The molecule has 0 aliphatic heterocycles. The molecule has 0 saturated carbocycles. The highest BCUT2D eigenvalue weighted by Crippen LogP contribution is 2.26. The molecule has 0 fully saturated rings. The molecule has 84 valence electrons. The van der Waals surface area contributed by atoms with Gasteiger partial charge in [0.15, 0.2) is 0 Å². The molecule has 1 atom stereocenters. The predicted molar refractivity (Wildman–Crippen MR) is 64.6 cm³/mol. The molecule has 1 N–H and O–H groups in total. The van der Waals surface area contributed by atoms with E-state index in [4.69, 9.17) is 23.2 Å². The summed E-state index contributed by atoms with van der Waals surface area (Å²) in [6.07, 6.45) is 0.201. The van der Waals surface area contributed by atoms with Crippen molar-refractivity contribution in [1.29, 1.82) is 0 Å². The Kier molecular flexibility index (Phi) is 4.87. The molecule has 2 nitrogen and oxygen atoms in total. The van der Waals surface area contributed by atoms with Gasteiger partial charge in [-0.1, -0.05) is 29.3 Å². The number of benzene rings is 1. The van der Waals surface area contributed by atoms with Crippen LogP contribution in [0.15, 0.2) is 18.2 Å². The average molecular weight is 248 g/mol. The minimum Gasteiger partial charge on any atom is -0.388 e. The summed E-state index contributed by atoms with van der Waals surface area (Å²) in [5, 5.41) is 10.9. The lowest BCUT2D eigenvalue weighted by Gasteiger charge is -2.15. The summed E-state index contributed by atoms with van der Waals surface area (Å²) in [6, 6.07) is 5.22. The largest absolute Gasteiger partial charge is 0.388 e. The molecule has 0 aliphatic carbocycles. The smallest absolute Gasteiger partial charge is 0.0802 e. The lowest BCUT2D eigenvalue weighted by atomic mass is 10.1. The molecule has 0 saturated heterocycles. The molecule has 15 heavy (non-hydrogen) atoms. The Morgan fingerprint density at radius 2 is 1.93 bits per heavy atom. The molecule has 0 aliphatic rings. The van der Waals surface area contributed by atoms with Crippen molar-refractivity contribution in [3.05, 3.63) is 33.8 Å². The average Bonchev–Trinajstić information content (AvgIpc) is 2.18. The van der Waals surface area contributed by atoms with Crippen LogP contribution in [0.5, 0.6) is 0 Å². The van der Waals surface area contributed by atoms with Gasteiger partial charge in [0, 0.05) is 6.54 Å². The summed E-state index contributed by atoms with van der Waals surface area (Å²) in [4.78, 5) is 2.03. The summed E-state index contributed by atoms with van der Waals surface area (Å²) >= 11 is 11.7. The Balaban J connectivity index is 2.65. The third-order valence-electron chi connectivity index (χ3n) is 2.18. The molecular formula is C11H15Cl2NO. The van der Waals surface area contributed by atoms with Gasteiger partial charge in [-0.15, -0.1) is 0 Å². The Bertz CT molecular complexity index is 328. The Morgan fingerprint density at radius 1 is 1.27 bits per heavy atom. The van der Waals surface area contributed by atoms with E-state index in [0.29, 0.717) is 16.5 Å². The quantitative estimate of drug-likeness (QED) is 0.885. The highest BCUT2D eigenvalue weighted by Gasteiger charge is 2.09. The van der Waals surface area contributed by atoms with Gasteiger partial charge in [0.25, 0.3) is 0 Å². The molecule has 0 aromatic heterocycles. The number of aliphatic hydroxyl groups excluding tert-OH is 1. The minimum absolute atomic E-state index is 0.484. The first-order valence-electron chi connectivity index (χ1n) is 4.78. The monoisotopic (exact) mass is 247 g/mol. The van der Waals surface area contributed by atoms with Crippen LogP contribution in [0.3, 0.4) is 0 Å². The zero-order valence-corrected chi connectivity index (χ0v) is 10.4. The van der Waals surface area contributed by atoms with Crippen molar-refractivity contribution in [2.24, 2.45) is 0 Å². The van der Waals surface area contributed by atoms with Crippen LogP contribution in [0.2, 0.25) is 10.0 Å². The molecule has 0 unspecified atom stereocenters. The van der Waals surface area contributed by atoms with Crippen LogP contribution in [-0.2, 0) is 0 Å². The van der Waals surface area contributed by atoms with Crippen LogP contribution in [0.4, 0.5) is 0 Å². The van der Waals surface area contributed by atoms with Crippen LogP contribution in [-0.4, -0.2) is 30.6 Å². The number of aliphatic hydroxyl groups is 1. The van der Waals surface area contributed by atoms with Gasteiger partial charge in [0.05, 0.1) is 16.1 Å². The van der Waals surface area contributed by atoms with Gasteiger partial charge in [-0.2, -0.15) is 0 Å². The van der Waals surface area contributed by atoms with E-state index in [1.165, 1.54) is 0 Å². The molecule has 1 aromatic carbocycles. The molecule has 0 spiro atoms. The Labute approximate surface area is 100 Å². The zero-order valence-electron chi connectivity index (χ0n) is 8.87. The maximum Gasteiger partial charge on any atom is 0.0802 e. The molecule has 0 heterocycles. The maximum atomic E-state index is 9.86. The highest BCUT2D eigenvalue weighted by molar-refractivity contribution is 6.42. The summed E-state index contributed by atoms with van der Waals surface area (Å²) in [5.41, 5.74) is 0.811. The van der Waals surface area contributed by atoms with Crippen molar-refractivity contribution < 1.29 is 5.11 Å². The third-order valence-corrected chi connectivity index (χ3v) is 2.92. The van der Waals surface area contributed by atoms with Crippen LogP contribution in [0.25, 0.3) is 0 Å². The van der Waals surface area contributed by atoms with Crippen molar-refractivity contribution in [2.45, 2.75) is 12.5 Å². The van der Waals surface area contributed by atoms with Gasteiger partial charge in [0.1, 0.15) is 0 Å². The van der Waals surface area contributed by atoms with E-state index in [9.17, 15) is 5.11 Å². The lowest BCUT2D eigenvalue weighted by molar-refractivity contribution is 0.154. The second kappa shape index (κ2) is 5.71. The second-order valence-electron chi connectivity index (χ2n) is 3.78. The fourth-order valence-electron chi connectivity index (χ4n) is 1.27. The van der Waals surface area contributed by atoms with Crippen molar-refractivity contribution in [3.63, 3.8) is 0 Å². The van der Waals surface area contributed by atoms with Crippen LogP contribution in [0.1, 0.15) is 18.1 Å². The lowest BCUT2D eigenvalue weighted by Crippen LogP contribution is -2.15. The molecule has 1 rings (SSSR count). The van der Waals surface area contributed by atoms with Crippen LogP contribution < -0.4 is 0 Å². The summed E-state index contributed by atoms with van der Waals surface area (Å²) in [7, 11) is 3.95. The number of hydrogen-bond acceptors (Lipinski definition) is 2. The molecule has 0 radical (unpaired) electrons. The van der Waals surface area contributed by atoms with Crippen molar-refractivity contribution >= 4 is 23.2 Å². The van der Waals surface area contributed by atoms with Crippen molar-refractivity contribution in [3.8, 4) is 0 Å². The maximum absolute atomic E-state index is 9.86. The number of halogens is 2. The molecule has 0 amide bonds. The molecular weight excluding hydrogens is 233 g/mol. The van der Waals surface area contributed by atoms with E-state index in [1.54, 1.807) is 18.2 Å². The molecule has 1 aromatic rings. The molecule has 4 heteroatoms. The fourth-order valence-corrected chi connectivity index (χ4v) is 1.57. The van der Waals surface area contributed by atoms with E-state index in [1.807, 2.05) is 19.0 Å². The van der Waals surface area contributed by atoms with Crippen molar-refractivity contribution in [2.75, 3.05) is 20.6 Å². The van der Waals surface area contributed by atoms with Gasteiger partial charge in [-0.3, -0.25) is 0 Å². The van der Waals surface area contributed by atoms with Crippen LogP contribution in [0, 0.1) is 0 Å². The SMILES string of the molecule is CN(C)CC[C@H](O)c1ccc(Cl)c(Cl)c1. The zero-order chi connectivity index (χ0) is 11.4. The topological polar surface area (TPSA) is 23.5 Å². The van der Waals surface area contributed by atoms with Crippen LogP contribution >= 0.6 is 23.2 Å². The summed E-state index contributed by atoms with van der Waals surface area (Å²) in [5.74, 6) is 0. The first-order chi connectivity index (χ1) is 7.00. The minimum atomic E-state index is -0.484. The van der Waals surface area contributed by atoms with Gasteiger partial charge >= 0.3 is 0 Å². The highest BCUT2D eigenvalue weighted by atomic mass is 35.5. The Morgan fingerprint density at radius 3 is 2.47 bits per heavy atom. The second-order valence-corrected chi connectivity index (χ2v) is 4.60. The normalized spacial score (nSPS) is 13.2. The van der Waals surface area contributed by atoms with E-state index in [2.05, 4.69) is 0 Å². The van der Waals surface area contributed by atoms with Gasteiger partial charge in [0.2, 0.25) is 0 Å². The van der Waals surface area contributed by atoms with E-state index < -0.39 is 6.10 Å². The summed E-state index contributed by atoms with van der Waals surface area (Å²) in [6.45, 7) is 0.835. The first-order valence-corrected chi connectivity index (χ1v) is 5.54. The first kappa shape index (κ1) is 12.8. The third kappa shape index (κ3) is 3.99. The van der Waals surface area contributed by atoms with E-state index >= 15 is 0 Å². The van der Waals surface area contributed by atoms with Crippen molar-refractivity contribution in [1.82, 2.24) is 4.90 Å². The Hall–Kier alpha value is -0.280. The van der Waals surface area contributed by atoms with E-state index in [-0.39, 0.29) is 0 Å². The number of nitrogens with zero attached hydrogens (tertiary/aromatic N) is 1. The number of hydrogen-bond donors (Lipinski definition) is 1. The fraction of sp³-hybridized carbons (Fsp3) is 0.455. The standard InChI is InChI=1S/C11H15Cl2NO/c1-14(2)6-5-11(15)8-3-4-9(12)10(13)7-8/h3-4,7,11,15H,5-6H2,1-2H3/t11-/m0/s1. The van der Waals surface area contributed by atoms with Gasteiger partial charge in [-0.25, -0.2) is 0 Å². The summed E-state index contributed by atoms with van der Waals surface area (Å²) < 4.78 is 0. The van der Waals surface area contributed by atoms with Gasteiger partial charge in [-0.05, 0) is 38.2 Å². The predicted octanol–water partition coefficient (Wildman–Crippen LogP) is 2.98. The van der Waals surface area contributed by atoms with Gasteiger partial charge < -0.3 is 10.0 Å². The van der Waals surface area contributed by atoms with E-state index in [0.717, 1.165) is 12.1 Å².